The predicted octanol–water partition coefficient (Wildman–Crippen LogP) is 4.53. The van der Waals surface area contributed by atoms with Crippen LogP contribution >= 0.6 is 0 Å². The summed E-state index contributed by atoms with van der Waals surface area (Å²) in [5.74, 6) is 0.0103. The standard InChI is InChI=1S/C21H26O4/c22-15-17-9-7-16(8-10-17)11-12-18-13-14-20(23)19(18)5-3-1-2-4-6-21(24)25/h7-12,15,18-19H,1-6,13-14H2,(H,24,25)/t18-,19+/m1/s1. The van der Waals surface area contributed by atoms with E-state index < -0.39 is 5.97 Å². The summed E-state index contributed by atoms with van der Waals surface area (Å²) in [7, 11) is 0. The summed E-state index contributed by atoms with van der Waals surface area (Å²) in [4.78, 5) is 33.3. The molecule has 25 heavy (non-hydrogen) atoms. The molecule has 0 amide bonds. The number of carbonyl (C=O) groups excluding carboxylic acids is 2. The second-order valence-electron chi connectivity index (χ2n) is 6.77. The number of Topliss-reactive ketones (excluding diaryl/α,β-unsaturated/α-hetero) is 1. The lowest BCUT2D eigenvalue weighted by molar-refractivity contribution is -0.137. The van der Waals surface area contributed by atoms with Crippen LogP contribution in [-0.4, -0.2) is 23.1 Å². The molecule has 1 aromatic carbocycles. The zero-order valence-corrected chi connectivity index (χ0v) is 14.5. The lowest BCUT2D eigenvalue weighted by atomic mass is 9.89. The monoisotopic (exact) mass is 342 g/mol. The van der Waals surface area contributed by atoms with Crippen LogP contribution in [0.25, 0.3) is 6.08 Å². The number of hydrogen-bond donors (Lipinski definition) is 1. The van der Waals surface area contributed by atoms with Gasteiger partial charge in [-0.15, -0.1) is 0 Å². The molecule has 0 aliphatic heterocycles. The molecule has 0 bridgehead atoms. The van der Waals surface area contributed by atoms with Crippen molar-refractivity contribution in [1.29, 1.82) is 0 Å². The molecule has 0 radical (unpaired) electrons. The van der Waals surface area contributed by atoms with Crippen LogP contribution in [-0.2, 0) is 9.59 Å². The summed E-state index contributed by atoms with van der Waals surface area (Å²) in [5.41, 5.74) is 1.70. The van der Waals surface area contributed by atoms with Gasteiger partial charge in [0.1, 0.15) is 12.1 Å². The van der Waals surface area contributed by atoms with Crippen LogP contribution in [0.1, 0.15) is 67.3 Å². The normalized spacial score (nSPS) is 20.2. The molecule has 0 saturated heterocycles. The third-order valence-corrected chi connectivity index (χ3v) is 4.92. The van der Waals surface area contributed by atoms with E-state index in [9.17, 15) is 14.4 Å². The zero-order chi connectivity index (χ0) is 18.1. The van der Waals surface area contributed by atoms with Gasteiger partial charge in [-0.25, -0.2) is 0 Å². The molecule has 134 valence electrons. The molecule has 1 saturated carbocycles. The maximum absolute atomic E-state index is 12.1. The number of aldehydes is 1. The molecule has 2 atom stereocenters. The Hall–Kier alpha value is -2.23. The van der Waals surface area contributed by atoms with E-state index in [2.05, 4.69) is 6.08 Å². The number of ketones is 1. The van der Waals surface area contributed by atoms with Crippen LogP contribution in [0.2, 0.25) is 0 Å². The number of benzene rings is 1. The molecule has 0 aromatic heterocycles. The summed E-state index contributed by atoms with van der Waals surface area (Å²) in [6.07, 6.45) is 11.3. The van der Waals surface area contributed by atoms with Crippen LogP contribution in [0.5, 0.6) is 0 Å². The highest BCUT2D eigenvalue weighted by Gasteiger charge is 2.32. The fourth-order valence-corrected chi connectivity index (χ4v) is 3.45. The molecule has 1 aliphatic rings. The van der Waals surface area contributed by atoms with Gasteiger partial charge in [0.05, 0.1) is 0 Å². The SMILES string of the molecule is O=Cc1ccc(C=C[C@@H]2CCC(=O)[C@H]2CCCCCCC(=O)O)cc1. The van der Waals surface area contributed by atoms with Crippen molar-refractivity contribution in [2.45, 2.75) is 51.4 Å². The van der Waals surface area contributed by atoms with Gasteiger partial charge >= 0.3 is 5.97 Å². The third-order valence-electron chi connectivity index (χ3n) is 4.92. The molecule has 0 spiro atoms. The number of rotatable bonds is 10. The highest BCUT2D eigenvalue weighted by atomic mass is 16.4. The fourth-order valence-electron chi connectivity index (χ4n) is 3.45. The Morgan fingerprint density at radius 3 is 2.44 bits per heavy atom. The van der Waals surface area contributed by atoms with E-state index >= 15 is 0 Å². The van der Waals surface area contributed by atoms with Gasteiger partial charge in [0.15, 0.2) is 0 Å². The van der Waals surface area contributed by atoms with Crippen molar-refractivity contribution in [3.8, 4) is 0 Å². The summed E-state index contributed by atoms with van der Waals surface area (Å²) in [6.45, 7) is 0. The third kappa shape index (κ3) is 6.29. The van der Waals surface area contributed by atoms with Gasteiger partial charge in [-0.1, -0.05) is 55.7 Å². The van der Waals surface area contributed by atoms with E-state index in [0.29, 0.717) is 24.2 Å². The number of hydrogen-bond acceptors (Lipinski definition) is 3. The van der Waals surface area contributed by atoms with E-state index in [1.165, 1.54) is 0 Å². The minimum atomic E-state index is -0.739. The van der Waals surface area contributed by atoms with Gasteiger partial charge in [0.2, 0.25) is 0 Å². The predicted molar refractivity (Wildman–Crippen MR) is 97.4 cm³/mol. The molecule has 0 unspecified atom stereocenters. The first kappa shape index (κ1) is 19.1. The number of carboxylic acid groups (broad SMARTS) is 1. The largest absolute Gasteiger partial charge is 0.481 e. The van der Waals surface area contributed by atoms with Crippen LogP contribution in [0, 0.1) is 11.8 Å². The van der Waals surface area contributed by atoms with Gasteiger partial charge in [-0.3, -0.25) is 14.4 Å². The number of unbranched alkanes of at least 4 members (excludes halogenated alkanes) is 3. The summed E-state index contributed by atoms with van der Waals surface area (Å²) < 4.78 is 0. The Morgan fingerprint density at radius 2 is 1.76 bits per heavy atom. The highest BCUT2D eigenvalue weighted by Crippen LogP contribution is 2.34. The van der Waals surface area contributed by atoms with Gasteiger partial charge in [-0.05, 0) is 30.7 Å². The van der Waals surface area contributed by atoms with E-state index in [-0.39, 0.29) is 18.3 Å². The quantitative estimate of drug-likeness (QED) is 0.501. The lowest BCUT2D eigenvalue weighted by Crippen LogP contribution is -2.13. The molecule has 2 rings (SSSR count). The maximum atomic E-state index is 12.1. The highest BCUT2D eigenvalue weighted by molar-refractivity contribution is 5.84. The summed E-state index contributed by atoms with van der Waals surface area (Å²) >= 11 is 0. The first-order valence-corrected chi connectivity index (χ1v) is 9.08. The van der Waals surface area contributed by atoms with Crippen molar-refractivity contribution in [2.24, 2.45) is 11.8 Å². The van der Waals surface area contributed by atoms with Gasteiger partial charge in [0, 0.05) is 24.3 Å². The minimum Gasteiger partial charge on any atom is -0.481 e. The second kappa shape index (κ2) is 9.92. The molecular formula is C21H26O4. The first-order chi connectivity index (χ1) is 12.1. The average molecular weight is 342 g/mol. The van der Waals surface area contributed by atoms with Crippen molar-refractivity contribution in [2.75, 3.05) is 0 Å². The van der Waals surface area contributed by atoms with Gasteiger partial charge in [-0.2, -0.15) is 0 Å². The second-order valence-corrected chi connectivity index (χ2v) is 6.77. The Balaban J connectivity index is 1.80. The summed E-state index contributed by atoms with van der Waals surface area (Å²) in [5, 5.41) is 8.62. The molecule has 1 fully saturated rings. The van der Waals surface area contributed by atoms with Crippen molar-refractivity contribution >= 4 is 24.1 Å². The van der Waals surface area contributed by atoms with E-state index in [0.717, 1.165) is 44.0 Å². The van der Waals surface area contributed by atoms with Crippen molar-refractivity contribution < 1.29 is 19.5 Å². The van der Waals surface area contributed by atoms with Gasteiger partial charge in [0.25, 0.3) is 0 Å². The van der Waals surface area contributed by atoms with Crippen LogP contribution < -0.4 is 0 Å². The topological polar surface area (TPSA) is 71.4 Å². The molecule has 0 heterocycles. The number of allylic oxidation sites excluding steroid dienone is 1. The molecule has 1 aliphatic carbocycles. The zero-order valence-electron chi connectivity index (χ0n) is 14.5. The molecular weight excluding hydrogens is 316 g/mol. The van der Waals surface area contributed by atoms with Crippen molar-refractivity contribution in [1.82, 2.24) is 0 Å². The molecule has 4 nitrogen and oxygen atoms in total. The first-order valence-electron chi connectivity index (χ1n) is 9.08. The summed E-state index contributed by atoms with van der Waals surface area (Å²) in [6, 6.07) is 7.41. The van der Waals surface area contributed by atoms with E-state index in [1.807, 2.05) is 18.2 Å². The van der Waals surface area contributed by atoms with E-state index in [4.69, 9.17) is 5.11 Å². The Kier molecular flexibility index (Phi) is 7.58. The molecule has 4 heteroatoms. The van der Waals surface area contributed by atoms with Crippen LogP contribution in [0.4, 0.5) is 0 Å². The van der Waals surface area contributed by atoms with Crippen molar-refractivity contribution in [3.05, 3.63) is 41.5 Å². The van der Waals surface area contributed by atoms with Crippen molar-refractivity contribution in [3.63, 3.8) is 0 Å². The number of carbonyl (C=O) groups is 3. The van der Waals surface area contributed by atoms with Gasteiger partial charge < -0.3 is 5.11 Å². The maximum Gasteiger partial charge on any atom is 0.303 e. The van der Waals surface area contributed by atoms with Crippen LogP contribution in [0.15, 0.2) is 30.3 Å². The van der Waals surface area contributed by atoms with Crippen LogP contribution in [0.3, 0.4) is 0 Å². The van der Waals surface area contributed by atoms with E-state index in [1.54, 1.807) is 12.1 Å². The number of aliphatic carboxylic acids is 1. The average Bonchev–Trinajstić information content (AvgIpc) is 2.96. The Labute approximate surface area is 148 Å². The smallest absolute Gasteiger partial charge is 0.303 e. The Morgan fingerprint density at radius 1 is 1.08 bits per heavy atom. The lowest BCUT2D eigenvalue weighted by Gasteiger charge is -2.14. The Bertz CT molecular complexity index is 615. The molecule has 1 aromatic rings. The minimum absolute atomic E-state index is 0.102. The fraction of sp³-hybridized carbons (Fsp3) is 0.476. The number of carboxylic acids is 1. The molecule has 1 N–H and O–H groups in total.